The lowest BCUT2D eigenvalue weighted by atomic mass is 10.1. The van der Waals surface area contributed by atoms with E-state index in [1.54, 1.807) is 35.1 Å². The van der Waals surface area contributed by atoms with Crippen LogP contribution in [0.5, 0.6) is 0 Å². The first-order valence-electron chi connectivity index (χ1n) is 9.08. The number of benzene rings is 1. The summed E-state index contributed by atoms with van der Waals surface area (Å²) in [6.07, 6.45) is -2.95. The van der Waals surface area contributed by atoms with Crippen molar-refractivity contribution in [1.82, 2.24) is 14.8 Å². The predicted molar refractivity (Wildman–Crippen MR) is 120 cm³/mol. The smallest absolute Gasteiger partial charge is 0.397 e. The van der Waals surface area contributed by atoms with Crippen molar-refractivity contribution in [2.45, 2.75) is 19.6 Å². The Morgan fingerprint density at radius 3 is 2.69 bits per heavy atom. The second-order valence-electron chi connectivity index (χ2n) is 6.94. The molecule has 4 rings (SSSR count). The molecule has 3 N–H and O–H groups in total. The lowest BCUT2D eigenvalue weighted by Gasteiger charge is -2.07. The Hall–Kier alpha value is -2.82. The molecular weight excluding hydrogens is 486 g/mol. The number of thiophene rings is 1. The number of halogens is 5. The fraction of sp³-hybridized carbons (Fsp3) is 0.150. The second kappa shape index (κ2) is 8.27. The van der Waals surface area contributed by atoms with E-state index >= 15 is 0 Å². The van der Waals surface area contributed by atoms with Gasteiger partial charge in [-0.05, 0) is 36.2 Å². The van der Waals surface area contributed by atoms with Crippen molar-refractivity contribution in [2.75, 3.05) is 11.1 Å². The van der Waals surface area contributed by atoms with Crippen molar-refractivity contribution in [2.24, 2.45) is 0 Å². The number of alkyl halides is 3. The van der Waals surface area contributed by atoms with E-state index < -0.39 is 17.8 Å². The molecule has 0 unspecified atom stereocenters. The molecule has 0 aliphatic rings. The number of hydrogen-bond acceptors (Lipinski definition) is 5. The minimum atomic E-state index is -4.60. The molecule has 12 heteroatoms. The third kappa shape index (κ3) is 4.38. The van der Waals surface area contributed by atoms with Gasteiger partial charge in [0.15, 0.2) is 5.82 Å². The van der Waals surface area contributed by atoms with E-state index in [0.29, 0.717) is 27.5 Å². The maximum Gasteiger partial charge on any atom is 0.433 e. The van der Waals surface area contributed by atoms with Gasteiger partial charge in [-0.1, -0.05) is 29.3 Å². The van der Waals surface area contributed by atoms with Crippen LogP contribution in [-0.4, -0.2) is 20.7 Å². The summed E-state index contributed by atoms with van der Waals surface area (Å²) in [5.41, 5.74) is 6.19. The van der Waals surface area contributed by atoms with Crippen LogP contribution in [0.4, 0.5) is 24.7 Å². The summed E-state index contributed by atoms with van der Waals surface area (Å²) in [5.74, 6) is -0.342. The van der Waals surface area contributed by atoms with Crippen molar-refractivity contribution < 1.29 is 18.0 Å². The van der Waals surface area contributed by atoms with E-state index in [9.17, 15) is 18.0 Å². The lowest BCUT2D eigenvalue weighted by molar-refractivity contribution is -0.141. The number of aryl methyl sites for hydroxylation is 1. The van der Waals surface area contributed by atoms with Crippen LogP contribution in [0.25, 0.3) is 10.2 Å². The van der Waals surface area contributed by atoms with Crippen molar-refractivity contribution >= 4 is 62.2 Å². The SMILES string of the molecule is Cc1cc(C(F)(F)F)nc2sc(C(=O)Nc3ccn(Cc4ccc(Cl)cc4Cl)n3)c(N)c12. The number of rotatable bonds is 4. The summed E-state index contributed by atoms with van der Waals surface area (Å²) in [5, 5.41) is 8.21. The number of pyridine rings is 1. The van der Waals surface area contributed by atoms with Crippen LogP contribution in [0.2, 0.25) is 10.0 Å². The van der Waals surface area contributed by atoms with Gasteiger partial charge in [-0.25, -0.2) is 4.98 Å². The molecule has 0 bridgehead atoms. The third-order valence-electron chi connectivity index (χ3n) is 4.62. The molecule has 3 heterocycles. The third-order valence-corrected chi connectivity index (χ3v) is 6.31. The summed E-state index contributed by atoms with van der Waals surface area (Å²) >= 11 is 12.9. The fourth-order valence-corrected chi connectivity index (χ4v) is 4.67. The molecule has 166 valence electrons. The van der Waals surface area contributed by atoms with Crippen molar-refractivity contribution in [3.63, 3.8) is 0 Å². The van der Waals surface area contributed by atoms with Crippen LogP contribution in [0.3, 0.4) is 0 Å². The first-order valence-corrected chi connectivity index (χ1v) is 10.7. The molecule has 32 heavy (non-hydrogen) atoms. The first-order chi connectivity index (χ1) is 15.0. The molecule has 0 spiro atoms. The van der Waals surface area contributed by atoms with Gasteiger partial charge in [-0.3, -0.25) is 9.48 Å². The molecule has 0 fully saturated rings. The molecule has 6 nitrogen and oxygen atoms in total. The predicted octanol–water partition coefficient (Wildman–Crippen LogP) is 6.01. The van der Waals surface area contributed by atoms with Gasteiger partial charge in [-0.2, -0.15) is 18.3 Å². The number of aromatic nitrogens is 3. The van der Waals surface area contributed by atoms with Gasteiger partial charge in [0.25, 0.3) is 5.91 Å². The van der Waals surface area contributed by atoms with Crippen molar-refractivity contribution in [3.05, 3.63) is 68.3 Å². The molecular formula is C20H14Cl2F3N5OS. The molecule has 0 saturated heterocycles. The van der Waals surface area contributed by atoms with E-state index in [1.807, 2.05) is 0 Å². The first kappa shape index (κ1) is 22.4. The number of amides is 1. The van der Waals surface area contributed by atoms with Crippen LogP contribution >= 0.6 is 34.5 Å². The van der Waals surface area contributed by atoms with Gasteiger partial charge < -0.3 is 11.1 Å². The van der Waals surface area contributed by atoms with E-state index in [0.717, 1.165) is 23.0 Å². The Kier molecular flexibility index (Phi) is 5.78. The average Bonchev–Trinajstić information content (AvgIpc) is 3.27. The highest BCUT2D eigenvalue weighted by Crippen LogP contribution is 2.38. The summed E-state index contributed by atoms with van der Waals surface area (Å²) in [6, 6.07) is 7.59. The van der Waals surface area contributed by atoms with Crippen LogP contribution in [-0.2, 0) is 12.7 Å². The highest BCUT2D eigenvalue weighted by Gasteiger charge is 2.34. The monoisotopic (exact) mass is 499 g/mol. The molecule has 1 aromatic carbocycles. The number of nitrogens with zero attached hydrogens (tertiary/aromatic N) is 3. The Morgan fingerprint density at radius 2 is 2.00 bits per heavy atom. The number of nitrogens with two attached hydrogens (primary N) is 1. The number of anilines is 2. The van der Waals surface area contributed by atoms with Crippen LogP contribution in [0.15, 0.2) is 36.5 Å². The number of hydrogen-bond donors (Lipinski definition) is 2. The fourth-order valence-electron chi connectivity index (χ4n) is 3.14. The highest BCUT2D eigenvalue weighted by molar-refractivity contribution is 7.21. The number of nitrogen functional groups attached to an aromatic ring is 1. The number of carbonyl (C=O) groups is 1. The topological polar surface area (TPSA) is 85.8 Å². The van der Waals surface area contributed by atoms with Gasteiger partial charge in [-0.15, -0.1) is 11.3 Å². The maximum absolute atomic E-state index is 13.1. The molecule has 0 radical (unpaired) electrons. The lowest BCUT2D eigenvalue weighted by Crippen LogP contribution is -2.13. The summed E-state index contributed by atoms with van der Waals surface area (Å²) in [6.45, 7) is 1.84. The standard InChI is InChI=1S/C20H14Cl2F3N5OS/c1-9-6-13(20(23,24)25)27-19-15(9)16(26)17(32-19)18(31)28-14-4-5-30(29-14)8-10-2-3-11(21)7-12(10)22/h2-7H,8,26H2,1H3,(H,28,29,31). The summed E-state index contributed by atoms with van der Waals surface area (Å²) in [4.78, 5) is 16.5. The number of carbonyl (C=O) groups excluding carboxylic acids is 1. The molecule has 0 atom stereocenters. The molecule has 0 saturated carbocycles. The van der Waals surface area contributed by atoms with Crippen molar-refractivity contribution in [1.29, 1.82) is 0 Å². The Labute approximate surface area is 193 Å². The second-order valence-corrected chi connectivity index (χ2v) is 8.78. The minimum absolute atomic E-state index is 0.0443. The van der Waals surface area contributed by atoms with Crippen molar-refractivity contribution in [3.8, 4) is 0 Å². The van der Waals surface area contributed by atoms with Crippen LogP contribution in [0, 0.1) is 6.92 Å². The zero-order valence-electron chi connectivity index (χ0n) is 16.3. The Morgan fingerprint density at radius 1 is 1.25 bits per heavy atom. The van der Waals surface area contributed by atoms with E-state index in [4.69, 9.17) is 28.9 Å². The van der Waals surface area contributed by atoms with E-state index in [-0.39, 0.29) is 21.2 Å². The van der Waals surface area contributed by atoms with E-state index in [2.05, 4.69) is 15.4 Å². The molecule has 3 aromatic heterocycles. The number of fused-ring (bicyclic) bond motifs is 1. The highest BCUT2D eigenvalue weighted by atomic mass is 35.5. The molecule has 4 aromatic rings. The molecule has 0 aliphatic carbocycles. The molecule has 1 amide bonds. The largest absolute Gasteiger partial charge is 0.433 e. The van der Waals surface area contributed by atoms with Crippen LogP contribution in [0.1, 0.15) is 26.5 Å². The van der Waals surface area contributed by atoms with Gasteiger partial charge in [0, 0.05) is 27.7 Å². The normalized spacial score (nSPS) is 11.8. The summed E-state index contributed by atoms with van der Waals surface area (Å²) in [7, 11) is 0. The minimum Gasteiger partial charge on any atom is -0.397 e. The average molecular weight is 500 g/mol. The van der Waals surface area contributed by atoms with Gasteiger partial charge in [0.1, 0.15) is 15.4 Å². The number of nitrogens with one attached hydrogen (secondary N) is 1. The van der Waals surface area contributed by atoms with Gasteiger partial charge in [0.05, 0.1) is 12.2 Å². The maximum atomic E-state index is 13.1. The summed E-state index contributed by atoms with van der Waals surface area (Å²) < 4.78 is 40.7. The van der Waals surface area contributed by atoms with Gasteiger partial charge in [0.2, 0.25) is 0 Å². The molecule has 0 aliphatic heterocycles. The quantitative estimate of drug-likeness (QED) is 0.360. The van der Waals surface area contributed by atoms with E-state index in [1.165, 1.54) is 6.92 Å². The zero-order chi connectivity index (χ0) is 23.2. The van der Waals surface area contributed by atoms with Gasteiger partial charge >= 0.3 is 6.18 Å². The Bertz CT molecular complexity index is 1350. The van der Waals surface area contributed by atoms with Crippen LogP contribution < -0.4 is 11.1 Å². The Balaban J connectivity index is 1.57. The zero-order valence-corrected chi connectivity index (χ0v) is 18.6.